The molecule has 0 amide bonds. The second kappa shape index (κ2) is 6.61. The molecule has 0 unspecified atom stereocenters. The van der Waals surface area contributed by atoms with Gasteiger partial charge in [-0.05, 0) is 18.6 Å². The van der Waals surface area contributed by atoms with Crippen molar-refractivity contribution in [3.05, 3.63) is 54.4 Å². The van der Waals surface area contributed by atoms with Crippen LogP contribution in [-0.2, 0) is 16.1 Å². The Balaban J connectivity index is 1.97. The number of carbonyl (C=O) groups excluding carboxylic acids is 2. The molecule has 0 bridgehead atoms. The molecule has 7 nitrogen and oxygen atoms in total. The summed E-state index contributed by atoms with van der Waals surface area (Å²) in [7, 11) is 0. The maximum atomic E-state index is 12.6. The molecule has 0 aliphatic heterocycles. The zero-order chi connectivity index (χ0) is 18.1. The zero-order valence-electron chi connectivity index (χ0n) is 13.9. The maximum absolute atomic E-state index is 12.6. The molecule has 4 rings (SSSR count). The van der Waals surface area contributed by atoms with Crippen LogP contribution in [0.4, 0.5) is 0 Å². The number of pyridine rings is 1. The zero-order valence-corrected chi connectivity index (χ0v) is 13.9. The maximum Gasteiger partial charge on any atom is 0.173 e. The average molecular weight is 348 g/mol. The van der Waals surface area contributed by atoms with Crippen LogP contribution in [0.15, 0.2) is 43.1 Å². The Kier molecular flexibility index (Phi) is 4.14. The van der Waals surface area contributed by atoms with E-state index < -0.39 is 0 Å². The highest BCUT2D eigenvalue weighted by atomic mass is 16.3. The second-order valence-corrected chi connectivity index (χ2v) is 6.05. The highest BCUT2D eigenvalue weighted by molar-refractivity contribution is 6.51. The van der Waals surface area contributed by atoms with E-state index in [-0.39, 0.29) is 24.6 Å². The van der Waals surface area contributed by atoms with Gasteiger partial charge in [0.05, 0.1) is 23.9 Å². The Morgan fingerprint density at radius 2 is 1.92 bits per heavy atom. The summed E-state index contributed by atoms with van der Waals surface area (Å²) in [4.78, 5) is 37.8. The lowest BCUT2D eigenvalue weighted by Crippen LogP contribution is -2.00. The van der Waals surface area contributed by atoms with E-state index in [0.717, 1.165) is 5.39 Å². The first-order valence-electron chi connectivity index (χ1n) is 8.33. The van der Waals surface area contributed by atoms with Crippen LogP contribution < -0.4 is 0 Å². The lowest BCUT2D eigenvalue weighted by molar-refractivity contribution is -0.119. The van der Waals surface area contributed by atoms with Gasteiger partial charge in [0.2, 0.25) is 0 Å². The standard InChI is InChI=1S/C19H16N4O3/c24-8-2-7-23-11-13(12-3-1-4-22-19(12)23)17-15(25)9-16(26)18(17)14-10-20-5-6-21-14/h1,3-6,10-11,24H,2,7-9H2. The average Bonchev–Trinajstić information content (AvgIpc) is 3.17. The van der Waals surface area contributed by atoms with Crippen molar-refractivity contribution in [1.82, 2.24) is 19.5 Å². The molecule has 0 radical (unpaired) electrons. The van der Waals surface area contributed by atoms with E-state index in [0.29, 0.717) is 41.0 Å². The molecule has 1 aliphatic rings. The Morgan fingerprint density at radius 1 is 1.08 bits per heavy atom. The summed E-state index contributed by atoms with van der Waals surface area (Å²) in [5.74, 6) is -0.466. The first-order chi connectivity index (χ1) is 12.7. The second-order valence-electron chi connectivity index (χ2n) is 6.05. The van der Waals surface area contributed by atoms with Crippen LogP contribution in [0.5, 0.6) is 0 Å². The predicted molar refractivity (Wildman–Crippen MR) is 94.9 cm³/mol. The molecular weight excluding hydrogens is 332 g/mol. The van der Waals surface area contributed by atoms with Crippen molar-refractivity contribution in [2.75, 3.05) is 6.61 Å². The van der Waals surface area contributed by atoms with E-state index in [1.807, 2.05) is 16.8 Å². The molecule has 3 heterocycles. The van der Waals surface area contributed by atoms with E-state index in [9.17, 15) is 9.59 Å². The van der Waals surface area contributed by atoms with E-state index in [2.05, 4.69) is 15.0 Å². The van der Waals surface area contributed by atoms with Crippen molar-refractivity contribution in [1.29, 1.82) is 0 Å². The van der Waals surface area contributed by atoms with Gasteiger partial charge in [0.25, 0.3) is 0 Å². The van der Waals surface area contributed by atoms with Crippen LogP contribution in [0.3, 0.4) is 0 Å². The van der Waals surface area contributed by atoms with Gasteiger partial charge in [0, 0.05) is 54.5 Å². The van der Waals surface area contributed by atoms with Gasteiger partial charge in [-0.25, -0.2) is 4.98 Å². The Labute approximate surface area is 149 Å². The molecule has 3 aromatic rings. The molecule has 0 spiro atoms. The summed E-state index contributed by atoms with van der Waals surface area (Å²) in [6.45, 7) is 0.632. The Bertz CT molecular complexity index is 1040. The van der Waals surface area contributed by atoms with Gasteiger partial charge in [-0.15, -0.1) is 0 Å². The predicted octanol–water partition coefficient (Wildman–Crippen LogP) is 1.66. The highest BCUT2D eigenvalue weighted by Crippen LogP contribution is 2.37. The van der Waals surface area contributed by atoms with Gasteiger partial charge >= 0.3 is 0 Å². The van der Waals surface area contributed by atoms with Gasteiger partial charge in [-0.2, -0.15) is 0 Å². The number of aryl methyl sites for hydroxylation is 1. The van der Waals surface area contributed by atoms with Gasteiger partial charge in [0.1, 0.15) is 5.65 Å². The summed E-state index contributed by atoms with van der Waals surface area (Å²) in [5, 5.41) is 9.92. The number of Topliss-reactive ketones (excluding diaryl/α,β-unsaturated/α-hetero) is 2. The first-order valence-corrected chi connectivity index (χ1v) is 8.33. The molecule has 1 aliphatic carbocycles. The van der Waals surface area contributed by atoms with E-state index in [1.165, 1.54) is 18.6 Å². The third-order valence-corrected chi connectivity index (χ3v) is 4.41. The largest absolute Gasteiger partial charge is 0.396 e. The van der Waals surface area contributed by atoms with Crippen LogP contribution in [0, 0.1) is 0 Å². The molecule has 0 atom stereocenters. The van der Waals surface area contributed by atoms with Crippen molar-refractivity contribution in [2.45, 2.75) is 19.4 Å². The number of fused-ring (bicyclic) bond motifs is 1. The van der Waals surface area contributed by atoms with Crippen molar-refractivity contribution >= 4 is 33.7 Å². The lowest BCUT2D eigenvalue weighted by Gasteiger charge is -2.04. The van der Waals surface area contributed by atoms with E-state index in [4.69, 9.17) is 5.11 Å². The molecule has 0 fully saturated rings. The molecule has 0 saturated carbocycles. The fourth-order valence-corrected chi connectivity index (χ4v) is 3.32. The molecule has 26 heavy (non-hydrogen) atoms. The van der Waals surface area contributed by atoms with Crippen molar-refractivity contribution in [3.63, 3.8) is 0 Å². The van der Waals surface area contributed by atoms with Crippen LogP contribution >= 0.6 is 0 Å². The minimum Gasteiger partial charge on any atom is -0.396 e. The number of nitrogens with zero attached hydrogens (tertiary/aromatic N) is 4. The monoisotopic (exact) mass is 348 g/mol. The van der Waals surface area contributed by atoms with Gasteiger partial charge < -0.3 is 9.67 Å². The van der Waals surface area contributed by atoms with Crippen molar-refractivity contribution in [2.24, 2.45) is 0 Å². The Morgan fingerprint density at radius 3 is 2.69 bits per heavy atom. The number of hydrogen-bond donors (Lipinski definition) is 1. The first kappa shape index (κ1) is 16.3. The number of aliphatic hydroxyl groups excluding tert-OH is 1. The van der Waals surface area contributed by atoms with Gasteiger partial charge in [0.15, 0.2) is 11.6 Å². The van der Waals surface area contributed by atoms with Gasteiger partial charge in [-0.1, -0.05) is 0 Å². The summed E-state index contributed by atoms with van der Waals surface area (Å²) >= 11 is 0. The summed E-state index contributed by atoms with van der Waals surface area (Å²) < 4.78 is 1.90. The summed E-state index contributed by atoms with van der Waals surface area (Å²) in [6.07, 6.45) is 8.44. The fourth-order valence-electron chi connectivity index (χ4n) is 3.32. The summed E-state index contributed by atoms with van der Waals surface area (Å²) in [6, 6.07) is 3.68. The smallest absolute Gasteiger partial charge is 0.173 e. The molecule has 7 heteroatoms. The third-order valence-electron chi connectivity index (χ3n) is 4.41. The van der Waals surface area contributed by atoms with Crippen molar-refractivity contribution in [3.8, 4) is 0 Å². The van der Waals surface area contributed by atoms with Crippen molar-refractivity contribution < 1.29 is 14.7 Å². The molecule has 130 valence electrons. The van der Waals surface area contributed by atoms with Crippen LogP contribution in [0.1, 0.15) is 24.1 Å². The van der Waals surface area contributed by atoms with E-state index >= 15 is 0 Å². The summed E-state index contributed by atoms with van der Waals surface area (Å²) in [5.41, 5.74) is 2.47. The minimum absolute atomic E-state index is 0.0623. The Hall–Kier alpha value is -3.19. The fraction of sp³-hybridized carbons (Fsp3) is 0.211. The number of aliphatic hydroxyl groups is 1. The van der Waals surface area contributed by atoms with Crippen LogP contribution in [0.25, 0.3) is 22.2 Å². The highest BCUT2D eigenvalue weighted by Gasteiger charge is 2.34. The SMILES string of the molecule is O=C1CC(=O)C(c2cn(CCCO)c3ncccc23)=C1c1cnccn1. The normalized spacial score (nSPS) is 14.7. The number of hydrogen-bond acceptors (Lipinski definition) is 6. The number of rotatable bonds is 5. The molecular formula is C19H16N4O3. The van der Waals surface area contributed by atoms with Crippen LogP contribution in [0.2, 0.25) is 0 Å². The topological polar surface area (TPSA) is 98.0 Å². The van der Waals surface area contributed by atoms with Crippen LogP contribution in [-0.4, -0.2) is 42.8 Å². The lowest BCUT2D eigenvalue weighted by atomic mass is 10.00. The molecule has 1 N–H and O–H groups in total. The number of aromatic nitrogens is 4. The quantitative estimate of drug-likeness (QED) is 0.704. The van der Waals surface area contributed by atoms with Gasteiger partial charge in [-0.3, -0.25) is 19.6 Å². The molecule has 0 saturated heterocycles. The van der Waals surface area contributed by atoms with E-state index in [1.54, 1.807) is 12.3 Å². The number of carbonyl (C=O) groups is 2. The number of ketones is 2. The minimum atomic E-state index is -0.245. The number of allylic oxidation sites excluding steroid dienone is 2. The third kappa shape index (κ3) is 2.62. The molecule has 0 aromatic carbocycles. The molecule has 3 aromatic heterocycles.